The van der Waals surface area contributed by atoms with E-state index in [0.717, 1.165) is 6.07 Å². The first kappa shape index (κ1) is 13.0. The zero-order chi connectivity index (χ0) is 12.2. The summed E-state index contributed by atoms with van der Waals surface area (Å²) >= 11 is 0. The fourth-order valence-corrected chi connectivity index (χ4v) is 1.75. The van der Waals surface area contributed by atoms with E-state index in [1.54, 1.807) is 12.2 Å². The molecule has 0 aliphatic heterocycles. The molecule has 1 rings (SSSR count). The Labute approximate surface area is 97.9 Å². The third kappa shape index (κ3) is 3.50. The molecule has 0 spiro atoms. The van der Waals surface area contributed by atoms with Gasteiger partial charge in [-0.2, -0.15) is 0 Å². The van der Waals surface area contributed by atoms with E-state index in [4.69, 9.17) is 15.4 Å². The maximum absolute atomic E-state index is 13.3. The first-order chi connectivity index (χ1) is 7.45. The van der Waals surface area contributed by atoms with Crippen molar-refractivity contribution in [3.8, 4) is 5.75 Å². The third-order valence-corrected chi connectivity index (χ3v) is 3.11. The highest BCUT2D eigenvalue weighted by molar-refractivity contribution is 8.13. The van der Waals surface area contributed by atoms with Crippen LogP contribution in [0.15, 0.2) is 35.2 Å². The van der Waals surface area contributed by atoms with E-state index in [1.807, 2.05) is 6.92 Å². The SMILES string of the molecule is C/C=C/COc1ccc(S(=O)(=O)Cl)cc1F. The van der Waals surface area contributed by atoms with Crippen molar-refractivity contribution in [1.29, 1.82) is 0 Å². The van der Waals surface area contributed by atoms with E-state index < -0.39 is 14.9 Å². The van der Waals surface area contributed by atoms with Crippen molar-refractivity contribution in [3.05, 3.63) is 36.2 Å². The van der Waals surface area contributed by atoms with Gasteiger partial charge in [-0.15, -0.1) is 0 Å². The molecule has 0 fully saturated rings. The Bertz CT molecular complexity index is 497. The Morgan fingerprint density at radius 1 is 1.50 bits per heavy atom. The zero-order valence-electron chi connectivity index (χ0n) is 8.48. The molecule has 0 aliphatic carbocycles. The van der Waals surface area contributed by atoms with Gasteiger partial charge in [-0.3, -0.25) is 0 Å². The highest BCUT2D eigenvalue weighted by Crippen LogP contribution is 2.23. The minimum atomic E-state index is -3.90. The maximum Gasteiger partial charge on any atom is 0.261 e. The molecule has 88 valence electrons. The molecule has 0 amide bonds. The van der Waals surface area contributed by atoms with Crippen LogP contribution in [0, 0.1) is 5.82 Å². The van der Waals surface area contributed by atoms with Gasteiger partial charge in [-0.1, -0.05) is 12.2 Å². The summed E-state index contributed by atoms with van der Waals surface area (Å²) in [7, 11) is 1.16. The highest BCUT2D eigenvalue weighted by Gasteiger charge is 2.13. The number of rotatable bonds is 4. The molecule has 0 radical (unpaired) electrons. The Morgan fingerprint density at radius 3 is 2.69 bits per heavy atom. The summed E-state index contributed by atoms with van der Waals surface area (Å²) in [6.07, 6.45) is 3.46. The molecular weight excluding hydrogens is 255 g/mol. The third-order valence-electron chi connectivity index (χ3n) is 1.76. The van der Waals surface area contributed by atoms with Crippen LogP contribution < -0.4 is 4.74 Å². The van der Waals surface area contributed by atoms with Gasteiger partial charge >= 0.3 is 0 Å². The molecule has 1 aromatic rings. The fraction of sp³-hybridized carbons (Fsp3) is 0.200. The van der Waals surface area contributed by atoms with Crippen LogP contribution in [0.4, 0.5) is 4.39 Å². The van der Waals surface area contributed by atoms with Gasteiger partial charge in [0, 0.05) is 10.7 Å². The lowest BCUT2D eigenvalue weighted by atomic mass is 10.3. The molecule has 0 heterocycles. The Kier molecular flexibility index (Phi) is 4.32. The second-order valence-corrected chi connectivity index (χ2v) is 5.48. The number of ether oxygens (including phenoxy) is 1. The molecule has 0 N–H and O–H groups in total. The molecule has 0 unspecified atom stereocenters. The standard InChI is InChI=1S/C10H10ClFO3S/c1-2-3-6-15-10-5-4-8(7-9(10)12)16(11,13)14/h2-5,7H,6H2,1H3/b3-2+. The average Bonchev–Trinajstić information content (AvgIpc) is 2.19. The molecule has 1 aromatic carbocycles. The molecule has 6 heteroatoms. The summed E-state index contributed by atoms with van der Waals surface area (Å²) in [4.78, 5) is -0.287. The van der Waals surface area contributed by atoms with Crippen molar-refractivity contribution in [2.75, 3.05) is 6.61 Å². The quantitative estimate of drug-likeness (QED) is 0.620. The molecule has 0 saturated heterocycles. The minimum absolute atomic E-state index is 0.0119. The van der Waals surface area contributed by atoms with Crippen LogP contribution in [-0.4, -0.2) is 15.0 Å². The normalized spacial score (nSPS) is 11.9. The van der Waals surface area contributed by atoms with Crippen LogP contribution in [0.5, 0.6) is 5.75 Å². The Balaban J connectivity index is 2.92. The first-order valence-electron chi connectivity index (χ1n) is 4.43. The molecule has 16 heavy (non-hydrogen) atoms. The minimum Gasteiger partial charge on any atom is -0.486 e. The summed E-state index contributed by atoms with van der Waals surface area (Å²) in [6, 6.07) is 3.25. The summed E-state index contributed by atoms with van der Waals surface area (Å²) in [5.74, 6) is -0.770. The van der Waals surface area contributed by atoms with E-state index in [-0.39, 0.29) is 17.3 Å². The first-order valence-corrected chi connectivity index (χ1v) is 6.74. The molecule has 0 atom stereocenters. The second kappa shape index (κ2) is 5.32. The second-order valence-electron chi connectivity index (χ2n) is 2.91. The van der Waals surface area contributed by atoms with Gasteiger partial charge in [0.05, 0.1) is 4.90 Å². The van der Waals surface area contributed by atoms with Crippen molar-refractivity contribution < 1.29 is 17.5 Å². The number of halogens is 2. The molecule has 0 aliphatic rings. The van der Waals surface area contributed by atoms with Gasteiger partial charge in [0.1, 0.15) is 6.61 Å². The predicted octanol–water partition coefficient (Wildman–Crippen LogP) is 2.71. The topological polar surface area (TPSA) is 43.4 Å². The van der Waals surface area contributed by atoms with Gasteiger partial charge < -0.3 is 4.74 Å². The van der Waals surface area contributed by atoms with Gasteiger partial charge in [0.15, 0.2) is 11.6 Å². The largest absolute Gasteiger partial charge is 0.486 e. The number of hydrogen-bond donors (Lipinski definition) is 0. The molecular formula is C10H10ClFO3S. The van der Waals surface area contributed by atoms with Crippen LogP contribution in [0.25, 0.3) is 0 Å². The number of hydrogen-bond acceptors (Lipinski definition) is 3. The van der Waals surface area contributed by atoms with Crippen LogP contribution in [-0.2, 0) is 9.05 Å². The van der Waals surface area contributed by atoms with Crippen LogP contribution in [0.2, 0.25) is 0 Å². The average molecular weight is 265 g/mol. The van der Waals surface area contributed by atoms with Crippen molar-refractivity contribution >= 4 is 19.7 Å². The lowest BCUT2D eigenvalue weighted by Gasteiger charge is -2.05. The van der Waals surface area contributed by atoms with Crippen molar-refractivity contribution in [2.45, 2.75) is 11.8 Å². The lowest BCUT2D eigenvalue weighted by molar-refractivity contribution is 0.341. The Morgan fingerprint density at radius 2 is 2.19 bits per heavy atom. The number of benzene rings is 1. The number of allylic oxidation sites excluding steroid dienone is 1. The van der Waals surface area contributed by atoms with E-state index >= 15 is 0 Å². The van der Waals surface area contributed by atoms with Crippen LogP contribution in [0.1, 0.15) is 6.92 Å². The summed E-state index contributed by atoms with van der Waals surface area (Å²) in [5.41, 5.74) is 0. The van der Waals surface area contributed by atoms with Crippen molar-refractivity contribution in [2.24, 2.45) is 0 Å². The maximum atomic E-state index is 13.3. The fourth-order valence-electron chi connectivity index (χ4n) is 0.984. The predicted molar refractivity (Wildman–Crippen MR) is 59.7 cm³/mol. The summed E-state index contributed by atoms with van der Waals surface area (Å²) in [6.45, 7) is 2.03. The van der Waals surface area contributed by atoms with Gasteiger partial charge in [0.25, 0.3) is 9.05 Å². The van der Waals surface area contributed by atoms with Gasteiger partial charge in [-0.25, -0.2) is 12.8 Å². The van der Waals surface area contributed by atoms with Crippen molar-refractivity contribution in [1.82, 2.24) is 0 Å². The van der Waals surface area contributed by atoms with E-state index in [0.29, 0.717) is 0 Å². The smallest absolute Gasteiger partial charge is 0.261 e. The lowest BCUT2D eigenvalue weighted by Crippen LogP contribution is -1.98. The molecule has 3 nitrogen and oxygen atoms in total. The van der Waals surface area contributed by atoms with Gasteiger partial charge in [0.2, 0.25) is 0 Å². The van der Waals surface area contributed by atoms with E-state index in [9.17, 15) is 12.8 Å². The molecule has 0 bridgehead atoms. The summed E-state index contributed by atoms with van der Waals surface area (Å²) in [5, 5.41) is 0. The van der Waals surface area contributed by atoms with Crippen LogP contribution in [0.3, 0.4) is 0 Å². The van der Waals surface area contributed by atoms with Crippen molar-refractivity contribution in [3.63, 3.8) is 0 Å². The highest BCUT2D eigenvalue weighted by atomic mass is 35.7. The van der Waals surface area contributed by atoms with Gasteiger partial charge in [-0.05, 0) is 25.1 Å². The molecule has 0 aromatic heterocycles. The molecule has 0 saturated carbocycles. The van der Waals surface area contributed by atoms with Crippen LogP contribution >= 0.6 is 10.7 Å². The Hall–Kier alpha value is -1.07. The zero-order valence-corrected chi connectivity index (χ0v) is 10.1. The van der Waals surface area contributed by atoms with E-state index in [1.165, 1.54) is 12.1 Å². The monoisotopic (exact) mass is 264 g/mol. The van der Waals surface area contributed by atoms with E-state index in [2.05, 4.69) is 0 Å². The summed E-state index contributed by atoms with van der Waals surface area (Å²) < 4.78 is 40.2.